The van der Waals surface area contributed by atoms with Gasteiger partial charge >= 0.3 is 0 Å². The zero-order valence-electron chi connectivity index (χ0n) is 12.3. The van der Waals surface area contributed by atoms with Gasteiger partial charge in [0.1, 0.15) is 22.7 Å². The van der Waals surface area contributed by atoms with Gasteiger partial charge in [-0.15, -0.1) is 4.68 Å². The Morgan fingerprint density at radius 2 is 1.95 bits per heavy atom. The number of hydrogen-bond acceptors (Lipinski definition) is 3. The lowest BCUT2D eigenvalue weighted by atomic mass is 9.98. The van der Waals surface area contributed by atoms with E-state index in [1.807, 2.05) is 29.1 Å². The van der Waals surface area contributed by atoms with Crippen LogP contribution in [0.15, 0.2) is 28.5 Å². The van der Waals surface area contributed by atoms with Crippen LogP contribution in [0, 0.1) is 0 Å². The molecule has 19 heavy (non-hydrogen) atoms. The first-order chi connectivity index (χ1) is 8.79. The maximum absolute atomic E-state index is 10.1. The predicted molar refractivity (Wildman–Crippen MR) is 75.9 cm³/mol. The summed E-state index contributed by atoms with van der Waals surface area (Å²) < 4.78 is 1.84. The number of hydrogen-bond donors (Lipinski definition) is 1. The molecule has 1 heterocycles. The Labute approximate surface area is 114 Å². The third-order valence-electron chi connectivity index (χ3n) is 3.28. The highest BCUT2D eigenvalue weighted by molar-refractivity contribution is 5.66. The van der Waals surface area contributed by atoms with E-state index < -0.39 is 0 Å². The molecule has 1 aromatic rings. The van der Waals surface area contributed by atoms with E-state index in [2.05, 4.69) is 45.0 Å². The Morgan fingerprint density at radius 1 is 1.26 bits per heavy atom. The molecular formula is C15H22N3O+. The monoisotopic (exact) mass is 260 g/mol. The van der Waals surface area contributed by atoms with Crippen LogP contribution in [0.25, 0.3) is 0 Å². The normalized spacial score (nSPS) is 19.1. The molecule has 0 saturated carbocycles. The number of nitrogens with zero attached hydrogens (tertiary/aromatic N) is 3. The standard InChI is InChI=1S/C15H21N3O/c1-10(2)11-6-7-12(14(19)8-11)13-9-18(17-16-13)15(3,4)5/h6-10,13H,1-5H3/p+1. The van der Waals surface area contributed by atoms with Crippen molar-refractivity contribution in [2.45, 2.75) is 52.1 Å². The maximum Gasteiger partial charge on any atom is 0.251 e. The van der Waals surface area contributed by atoms with Gasteiger partial charge in [-0.1, -0.05) is 26.0 Å². The van der Waals surface area contributed by atoms with Crippen molar-refractivity contribution in [3.8, 4) is 5.75 Å². The molecule has 0 fully saturated rings. The Hall–Kier alpha value is -1.71. The molecule has 0 amide bonds. The molecular weight excluding hydrogens is 238 g/mol. The van der Waals surface area contributed by atoms with Crippen molar-refractivity contribution in [1.82, 2.24) is 0 Å². The van der Waals surface area contributed by atoms with Crippen molar-refractivity contribution in [3.05, 3.63) is 29.3 Å². The largest absolute Gasteiger partial charge is 0.507 e. The predicted octanol–water partition coefficient (Wildman–Crippen LogP) is 3.82. The second-order valence-electron chi connectivity index (χ2n) is 6.29. The van der Waals surface area contributed by atoms with Gasteiger partial charge in [0.2, 0.25) is 0 Å². The van der Waals surface area contributed by atoms with E-state index in [-0.39, 0.29) is 11.6 Å². The molecule has 1 atom stereocenters. The van der Waals surface area contributed by atoms with Crippen LogP contribution >= 0.6 is 0 Å². The highest BCUT2D eigenvalue weighted by Crippen LogP contribution is 2.31. The van der Waals surface area contributed by atoms with Crippen molar-refractivity contribution >= 4 is 6.21 Å². The highest BCUT2D eigenvalue weighted by Gasteiger charge is 2.32. The van der Waals surface area contributed by atoms with Crippen molar-refractivity contribution in [2.75, 3.05) is 0 Å². The summed E-state index contributed by atoms with van der Waals surface area (Å²) in [4.78, 5) is 0. The lowest BCUT2D eigenvalue weighted by molar-refractivity contribution is -0.601. The van der Waals surface area contributed by atoms with E-state index in [1.165, 1.54) is 0 Å². The van der Waals surface area contributed by atoms with Crippen molar-refractivity contribution in [1.29, 1.82) is 0 Å². The lowest BCUT2D eigenvalue weighted by Gasteiger charge is -2.12. The molecule has 0 aromatic heterocycles. The third-order valence-corrected chi connectivity index (χ3v) is 3.28. The van der Waals surface area contributed by atoms with Crippen LogP contribution in [0.5, 0.6) is 5.75 Å². The smallest absolute Gasteiger partial charge is 0.251 e. The molecule has 1 aromatic carbocycles. The summed E-state index contributed by atoms with van der Waals surface area (Å²) in [6.07, 6.45) is 1.95. The number of phenolic OH excluding ortho intramolecular Hbond substituents is 1. The van der Waals surface area contributed by atoms with Gasteiger partial charge in [-0.25, -0.2) is 0 Å². The molecule has 0 saturated heterocycles. The van der Waals surface area contributed by atoms with Crippen molar-refractivity contribution < 1.29 is 9.79 Å². The minimum Gasteiger partial charge on any atom is -0.507 e. The first-order valence-electron chi connectivity index (χ1n) is 6.67. The number of phenols is 1. The molecule has 1 aliphatic heterocycles. The highest BCUT2D eigenvalue weighted by atomic mass is 16.3. The van der Waals surface area contributed by atoms with Crippen LogP contribution in [-0.2, 0) is 0 Å². The molecule has 2 rings (SSSR count). The van der Waals surface area contributed by atoms with E-state index in [9.17, 15) is 5.11 Å². The molecule has 1 N–H and O–H groups in total. The van der Waals surface area contributed by atoms with E-state index in [4.69, 9.17) is 0 Å². The summed E-state index contributed by atoms with van der Waals surface area (Å²) >= 11 is 0. The Balaban J connectivity index is 2.31. The van der Waals surface area contributed by atoms with Gasteiger partial charge in [0.05, 0.1) is 5.56 Å². The molecule has 1 aliphatic rings. The molecule has 0 bridgehead atoms. The second kappa shape index (κ2) is 4.76. The maximum atomic E-state index is 10.1. The summed E-state index contributed by atoms with van der Waals surface area (Å²) in [6, 6.07) is 5.61. The topological polar surface area (TPSA) is 48.0 Å². The zero-order chi connectivity index (χ0) is 14.2. The minimum absolute atomic E-state index is 0.0915. The van der Waals surface area contributed by atoms with Gasteiger partial charge in [0.15, 0.2) is 0 Å². The number of benzene rings is 1. The van der Waals surface area contributed by atoms with E-state index in [0.29, 0.717) is 11.7 Å². The Bertz CT molecular complexity index is 539. The van der Waals surface area contributed by atoms with E-state index in [1.54, 1.807) is 0 Å². The lowest BCUT2D eigenvalue weighted by Crippen LogP contribution is -2.28. The molecule has 1 unspecified atom stereocenters. The Morgan fingerprint density at radius 3 is 2.42 bits per heavy atom. The summed E-state index contributed by atoms with van der Waals surface area (Å²) in [5.74, 6) is 0.697. The van der Waals surface area contributed by atoms with Crippen LogP contribution in [0.2, 0.25) is 0 Å². The van der Waals surface area contributed by atoms with Gasteiger partial charge in [0.25, 0.3) is 6.04 Å². The average Bonchev–Trinajstić information content (AvgIpc) is 2.77. The molecule has 4 heteroatoms. The van der Waals surface area contributed by atoms with Gasteiger partial charge in [0, 0.05) is 5.11 Å². The molecule has 102 valence electrons. The summed E-state index contributed by atoms with van der Waals surface area (Å²) in [7, 11) is 0. The molecule has 0 spiro atoms. The minimum atomic E-state index is -0.194. The molecule has 4 nitrogen and oxygen atoms in total. The summed E-state index contributed by atoms with van der Waals surface area (Å²) in [5, 5.41) is 18.5. The fourth-order valence-corrected chi connectivity index (χ4v) is 1.97. The van der Waals surface area contributed by atoms with Gasteiger partial charge in [-0.05, 0) is 38.3 Å². The first-order valence-corrected chi connectivity index (χ1v) is 6.67. The second-order valence-corrected chi connectivity index (χ2v) is 6.29. The number of rotatable bonds is 2. The molecule has 0 radical (unpaired) electrons. The van der Waals surface area contributed by atoms with E-state index >= 15 is 0 Å². The van der Waals surface area contributed by atoms with Crippen molar-refractivity contribution in [2.24, 2.45) is 10.3 Å². The van der Waals surface area contributed by atoms with E-state index in [0.717, 1.165) is 11.1 Å². The third kappa shape index (κ3) is 2.83. The zero-order valence-corrected chi connectivity index (χ0v) is 12.3. The van der Waals surface area contributed by atoms with Gasteiger partial charge < -0.3 is 5.11 Å². The van der Waals surface area contributed by atoms with Crippen LogP contribution in [0.1, 0.15) is 57.7 Å². The SMILES string of the molecule is CC(C)c1ccc(C2C=[N+](C(C)(C)C)N=N2)c(O)c1. The first kappa shape index (κ1) is 13.7. The fourth-order valence-electron chi connectivity index (χ4n) is 1.97. The van der Waals surface area contributed by atoms with Crippen LogP contribution in [0.3, 0.4) is 0 Å². The van der Waals surface area contributed by atoms with Crippen molar-refractivity contribution in [3.63, 3.8) is 0 Å². The number of aromatic hydroxyl groups is 1. The quantitative estimate of drug-likeness (QED) is 0.807. The average molecular weight is 260 g/mol. The molecule has 0 aliphatic carbocycles. The van der Waals surface area contributed by atoms with Crippen LogP contribution < -0.4 is 0 Å². The fraction of sp³-hybridized carbons (Fsp3) is 0.533. The summed E-state index contributed by atoms with van der Waals surface area (Å²) in [5.41, 5.74) is 1.84. The summed E-state index contributed by atoms with van der Waals surface area (Å²) in [6.45, 7) is 10.4. The van der Waals surface area contributed by atoms with Crippen LogP contribution in [-0.4, -0.2) is 21.5 Å². The Kier molecular flexibility index (Phi) is 3.43. The van der Waals surface area contributed by atoms with Crippen LogP contribution in [0.4, 0.5) is 0 Å². The van der Waals surface area contributed by atoms with Gasteiger partial charge in [-0.3, -0.25) is 0 Å². The van der Waals surface area contributed by atoms with Gasteiger partial charge in [-0.2, -0.15) is 0 Å².